The fourth-order valence-electron chi connectivity index (χ4n) is 3.30. The average molecular weight is 319 g/mol. The second-order valence-electron chi connectivity index (χ2n) is 6.55. The number of ether oxygens (including phenoxy) is 2. The molecule has 2 rings (SSSR count). The summed E-state index contributed by atoms with van der Waals surface area (Å²) in [6, 6.07) is 0. The molecule has 1 atom stereocenters. The summed E-state index contributed by atoms with van der Waals surface area (Å²) in [4.78, 5) is 3.91. The van der Waals surface area contributed by atoms with Crippen LogP contribution in [0.2, 0.25) is 0 Å². The first-order valence-electron chi connectivity index (χ1n) is 8.14. The van der Waals surface area contributed by atoms with Gasteiger partial charge in [0.25, 0.3) is 0 Å². The number of fused-ring (bicyclic) bond motifs is 1. The standard InChI is InChI=1S/C18H29N3O2/c1-11-12(2)16-14(13(3)15(11)22-6)7-8-18(4,23-16)9-10-21-17(19)20-5/h7-10H2,1-6H3,(H3,19,20,21). The molecule has 0 bridgehead atoms. The third kappa shape index (κ3) is 3.38. The van der Waals surface area contributed by atoms with Crippen molar-refractivity contribution >= 4 is 5.96 Å². The lowest BCUT2D eigenvalue weighted by Crippen LogP contribution is -2.42. The van der Waals surface area contributed by atoms with Gasteiger partial charge in [0.1, 0.15) is 17.1 Å². The molecular weight excluding hydrogens is 290 g/mol. The normalized spacial score (nSPS) is 20.7. The zero-order chi connectivity index (χ0) is 17.2. The van der Waals surface area contributed by atoms with E-state index in [1.54, 1.807) is 14.2 Å². The van der Waals surface area contributed by atoms with Crippen molar-refractivity contribution in [2.24, 2.45) is 10.7 Å². The zero-order valence-electron chi connectivity index (χ0n) is 15.2. The molecule has 0 aromatic heterocycles. The summed E-state index contributed by atoms with van der Waals surface area (Å²) in [5.74, 6) is 2.49. The van der Waals surface area contributed by atoms with Gasteiger partial charge < -0.3 is 20.5 Å². The number of rotatable bonds is 4. The average Bonchev–Trinajstić information content (AvgIpc) is 2.53. The highest BCUT2D eigenvalue weighted by molar-refractivity contribution is 5.77. The van der Waals surface area contributed by atoms with Gasteiger partial charge >= 0.3 is 0 Å². The Hall–Kier alpha value is -1.91. The summed E-state index contributed by atoms with van der Waals surface area (Å²) in [6.45, 7) is 9.25. The van der Waals surface area contributed by atoms with Crippen LogP contribution in [-0.4, -0.2) is 32.3 Å². The lowest BCUT2D eigenvalue weighted by molar-refractivity contribution is 0.0562. The molecule has 1 unspecified atom stereocenters. The fraction of sp³-hybridized carbons (Fsp3) is 0.611. The van der Waals surface area contributed by atoms with Gasteiger partial charge in [-0.2, -0.15) is 0 Å². The van der Waals surface area contributed by atoms with Crippen LogP contribution in [0.25, 0.3) is 0 Å². The van der Waals surface area contributed by atoms with Crippen LogP contribution in [0.4, 0.5) is 0 Å². The van der Waals surface area contributed by atoms with E-state index in [1.165, 1.54) is 16.7 Å². The van der Waals surface area contributed by atoms with Crippen LogP contribution in [0.3, 0.4) is 0 Å². The summed E-state index contributed by atoms with van der Waals surface area (Å²) in [7, 11) is 3.42. The number of hydrogen-bond donors (Lipinski definition) is 2. The molecule has 5 heteroatoms. The molecule has 1 aliphatic heterocycles. The predicted octanol–water partition coefficient (Wildman–Crippen LogP) is 2.63. The van der Waals surface area contributed by atoms with Gasteiger partial charge in [-0.25, -0.2) is 0 Å². The Morgan fingerprint density at radius 3 is 2.61 bits per heavy atom. The van der Waals surface area contributed by atoms with E-state index in [2.05, 4.69) is 38.0 Å². The van der Waals surface area contributed by atoms with E-state index in [0.29, 0.717) is 5.96 Å². The van der Waals surface area contributed by atoms with Crippen molar-refractivity contribution in [1.82, 2.24) is 5.32 Å². The van der Waals surface area contributed by atoms with Crippen LogP contribution in [0.15, 0.2) is 4.99 Å². The summed E-state index contributed by atoms with van der Waals surface area (Å²) in [5, 5.41) is 3.11. The molecule has 0 fully saturated rings. The molecule has 1 aliphatic rings. The summed E-state index contributed by atoms with van der Waals surface area (Å²) in [6.07, 6.45) is 2.87. The smallest absolute Gasteiger partial charge is 0.188 e. The monoisotopic (exact) mass is 319 g/mol. The maximum Gasteiger partial charge on any atom is 0.188 e. The van der Waals surface area contributed by atoms with Gasteiger partial charge in [0.15, 0.2) is 5.96 Å². The van der Waals surface area contributed by atoms with Crippen molar-refractivity contribution < 1.29 is 9.47 Å². The van der Waals surface area contributed by atoms with E-state index in [-0.39, 0.29) is 5.60 Å². The Bertz CT molecular complexity index is 625. The Balaban J connectivity index is 2.23. The third-order valence-corrected chi connectivity index (χ3v) is 4.97. The van der Waals surface area contributed by atoms with Gasteiger partial charge in [0, 0.05) is 25.6 Å². The first-order valence-corrected chi connectivity index (χ1v) is 8.14. The van der Waals surface area contributed by atoms with Crippen LogP contribution in [-0.2, 0) is 6.42 Å². The second-order valence-corrected chi connectivity index (χ2v) is 6.55. The predicted molar refractivity (Wildman–Crippen MR) is 94.7 cm³/mol. The van der Waals surface area contributed by atoms with Crippen LogP contribution in [0.5, 0.6) is 11.5 Å². The van der Waals surface area contributed by atoms with Gasteiger partial charge in [-0.3, -0.25) is 4.99 Å². The van der Waals surface area contributed by atoms with Crippen molar-refractivity contribution in [2.75, 3.05) is 20.7 Å². The number of guanidine groups is 1. The minimum Gasteiger partial charge on any atom is -0.496 e. The molecule has 23 heavy (non-hydrogen) atoms. The molecule has 1 aromatic rings. The van der Waals surface area contributed by atoms with Crippen molar-refractivity contribution in [3.63, 3.8) is 0 Å². The molecule has 0 aliphatic carbocycles. The Labute approximate surface area is 139 Å². The molecule has 1 heterocycles. The molecule has 1 aromatic carbocycles. The van der Waals surface area contributed by atoms with Crippen molar-refractivity contribution in [2.45, 2.75) is 52.6 Å². The maximum atomic E-state index is 6.45. The molecule has 0 amide bonds. The van der Waals surface area contributed by atoms with E-state index >= 15 is 0 Å². The number of nitrogens with zero attached hydrogens (tertiary/aromatic N) is 1. The van der Waals surface area contributed by atoms with Crippen molar-refractivity contribution in [3.8, 4) is 11.5 Å². The minimum atomic E-state index is -0.188. The Kier molecular flexibility index (Phi) is 5.07. The highest BCUT2D eigenvalue weighted by Gasteiger charge is 2.34. The summed E-state index contributed by atoms with van der Waals surface area (Å²) >= 11 is 0. The quantitative estimate of drug-likeness (QED) is 0.661. The maximum absolute atomic E-state index is 6.45. The number of nitrogens with one attached hydrogen (secondary N) is 1. The van der Waals surface area contributed by atoms with E-state index < -0.39 is 0 Å². The largest absolute Gasteiger partial charge is 0.496 e. The van der Waals surface area contributed by atoms with Crippen molar-refractivity contribution in [3.05, 3.63) is 22.3 Å². The van der Waals surface area contributed by atoms with Crippen LogP contribution in [0.1, 0.15) is 42.0 Å². The van der Waals surface area contributed by atoms with Crippen LogP contribution in [0, 0.1) is 20.8 Å². The topological polar surface area (TPSA) is 68.9 Å². The molecule has 0 saturated heterocycles. The number of methoxy groups -OCH3 is 1. The highest BCUT2D eigenvalue weighted by Crippen LogP contribution is 2.44. The minimum absolute atomic E-state index is 0.188. The Morgan fingerprint density at radius 1 is 1.30 bits per heavy atom. The number of nitrogens with two attached hydrogens (primary N) is 1. The number of aliphatic imine (C=N–C) groups is 1. The molecule has 0 saturated carbocycles. The van der Waals surface area contributed by atoms with Crippen LogP contribution < -0.4 is 20.5 Å². The number of hydrogen-bond acceptors (Lipinski definition) is 3. The van der Waals surface area contributed by atoms with E-state index in [9.17, 15) is 0 Å². The second kappa shape index (κ2) is 6.69. The van der Waals surface area contributed by atoms with Gasteiger partial charge in [0.05, 0.1) is 7.11 Å². The fourth-order valence-corrected chi connectivity index (χ4v) is 3.30. The lowest BCUT2D eigenvalue weighted by Gasteiger charge is -2.38. The first kappa shape index (κ1) is 17.4. The highest BCUT2D eigenvalue weighted by atomic mass is 16.5. The van der Waals surface area contributed by atoms with E-state index in [1.807, 2.05) is 0 Å². The molecule has 3 N–H and O–H groups in total. The van der Waals surface area contributed by atoms with Gasteiger partial charge in [-0.05, 0) is 57.2 Å². The van der Waals surface area contributed by atoms with Crippen molar-refractivity contribution in [1.29, 1.82) is 0 Å². The molecule has 0 radical (unpaired) electrons. The molecule has 5 nitrogen and oxygen atoms in total. The zero-order valence-corrected chi connectivity index (χ0v) is 15.2. The molecule has 128 valence electrons. The first-order chi connectivity index (χ1) is 10.8. The van der Waals surface area contributed by atoms with E-state index in [0.717, 1.165) is 42.9 Å². The van der Waals surface area contributed by atoms with Gasteiger partial charge in [0.2, 0.25) is 0 Å². The third-order valence-electron chi connectivity index (χ3n) is 4.97. The van der Waals surface area contributed by atoms with Gasteiger partial charge in [-0.1, -0.05) is 0 Å². The Morgan fingerprint density at radius 2 is 2.00 bits per heavy atom. The van der Waals surface area contributed by atoms with E-state index in [4.69, 9.17) is 15.2 Å². The summed E-state index contributed by atoms with van der Waals surface area (Å²) < 4.78 is 12.0. The lowest BCUT2D eigenvalue weighted by atomic mass is 9.85. The van der Waals surface area contributed by atoms with Gasteiger partial charge in [-0.15, -0.1) is 0 Å². The number of benzene rings is 1. The summed E-state index contributed by atoms with van der Waals surface area (Å²) in [5.41, 5.74) is 10.3. The molecule has 0 spiro atoms. The van der Waals surface area contributed by atoms with Crippen LogP contribution >= 0.6 is 0 Å². The molecular formula is C18H29N3O2. The SMILES string of the molecule is CN=C(N)NCCC1(C)CCc2c(C)c(OC)c(C)c(C)c2O1.